The molecule has 0 unspecified atom stereocenters. The lowest BCUT2D eigenvalue weighted by Gasteiger charge is -2.32. The van der Waals surface area contributed by atoms with Crippen LogP contribution in [0, 0.1) is 0 Å². The van der Waals surface area contributed by atoms with Crippen LogP contribution in [0.2, 0.25) is 0 Å². The fraction of sp³-hybridized carbons (Fsp3) is 0.714. The highest BCUT2D eigenvalue weighted by Gasteiger charge is 2.31. The number of aromatic nitrogens is 2. The zero-order valence-corrected chi connectivity index (χ0v) is 12.9. The Morgan fingerprint density at radius 1 is 1.27 bits per heavy atom. The van der Waals surface area contributed by atoms with Crippen LogP contribution in [0.1, 0.15) is 29.4 Å². The van der Waals surface area contributed by atoms with Crippen molar-refractivity contribution in [3.8, 4) is 0 Å². The SMILES string of the molecule is CCCc1c(C(=O)N2CCN(C)CC2)cnn1CC(F)(F)F. The molecule has 1 aromatic rings. The summed E-state index contributed by atoms with van der Waals surface area (Å²) in [6.07, 6.45) is -2.00. The molecule has 2 rings (SSSR count). The van der Waals surface area contributed by atoms with E-state index in [2.05, 4.69) is 10.00 Å². The molecule has 0 bridgehead atoms. The van der Waals surface area contributed by atoms with Crippen LogP contribution in [0.4, 0.5) is 13.2 Å². The maximum atomic E-state index is 12.6. The summed E-state index contributed by atoms with van der Waals surface area (Å²) >= 11 is 0. The first-order valence-corrected chi connectivity index (χ1v) is 7.41. The average molecular weight is 318 g/mol. The minimum absolute atomic E-state index is 0.218. The number of likely N-dealkylation sites (N-methyl/N-ethyl adjacent to an activating group) is 1. The minimum Gasteiger partial charge on any atom is -0.336 e. The topological polar surface area (TPSA) is 41.4 Å². The van der Waals surface area contributed by atoms with Gasteiger partial charge in [0.2, 0.25) is 0 Å². The van der Waals surface area contributed by atoms with Crippen molar-refractivity contribution in [2.24, 2.45) is 0 Å². The first-order chi connectivity index (χ1) is 10.3. The lowest BCUT2D eigenvalue weighted by molar-refractivity contribution is -0.143. The molecule has 124 valence electrons. The predicted octanol–water partition coefficient (Wildman–Crippen LogP) is 1.79. The fourth-order valence-corrected chi connectivity index (χ4v) is 2.58. The Balaban J connectivity index is 2.20. The third kappa shape index (κ3) is 4.00. The van der Waals surface area contributed by atoms with E-state index in [4.69, 9.17) is 0 Å². The van der Waals surface area contributed by atoms with Gasteiger partial charge in [-0.15, -0.1) is 0 Å². The van der Waals surface area contributed by atoms with E-state index >= 15 is 0 Å². The molecule has 1 fully saturated rings. The van der Waals surface area contributed by atoms with Crippen LogP contribution in [-0.2, 0) is 13.0 Å². The number of nitrogens with zero attached hydrogens (tertiary/aromatic N) is 4. The molecule has 1 saturated heterocycles. The molecule has 5 nitrogen and oxygen atoms in total. The molecule has 0 spiro atoms. The molecule has 1 amide bonds. The number of halogens is 3. The molecule has 1 aromatic heterocycles. The standard InChI is InChI=1S/C14H21F3N4O/c1-3-4-12-11(9-18-21(12)10-14(15,16)17)13(22)20-7-5-19(2)6-8-20/h9H,3-8,10H2,1-2H3. The van der Waals surface area contributed by atoms with Gasteiger partial charge in [-0.3, -0.25) is 9.48 Å². The lowest BCUT2D eigenvalue weighted by Crippen LogP contribution is -2.47. The highest BCUT2D eigenvalue weighted by atomic mass is 19.4. The van der Waals surface area contributed by atoms with Gasteiger partial charge in [-0.1, -0.05) is 13.3 Å². The van der Waals surface area contributed by atoms with Crippen LogP contribution >= 0.6 is 0 Å². The van der Waals surface area contributed by atoms with Crippen LogP contribution < -0.4 is 0 Å². The van der Waals surface area contributed by atoms with Gasteiger partial charge in [-0.05, 0) is 13.5 Å². The van der Waals surface area contributed by atoms with Crippen LogP contribution in [0.15, 0.2) is 6.20 Å². The number of piperazine rings is 1. The summed E-state index contributed by atoms with van der Waals surface area (Å²) in [5.74, 6) is -0.218. The number of amides is 1. The average Bonchev–Trinajstić information content (AvgIpc) is 2.80. The van der Waals surface area contributed by atoms with Crippen molar-refractivity contribution >= 4 is 5.91 Å². The summed E-state index contributed by atoms with van der Waals surface area (Å²) in [6.45, 7) is 3.43. The number of carbonyl (C=O) groups is 1. The van der Waals surface area contributed by atoms with Gasteiger partial charge in [0.15, 0.2) is 0 Å². The van der Waals surface area contributed by atoms with Crippen LogP contribution in [0.3, 0.4) is 0 Å². The molecule has 22 heavy (non-hydrogen) atoms. The molecule has 0 N–H and O–H groups in total. The highest BCUT2D eigenvalue weighted by Crippen LogP contribution is 2.21. The Hall–Kier alpha value is -1.57. The monoisotopic (exact) mass is 318 g/mol. The Labute approximate surface area is 127 Å². The van der Waals surface area contributed by atoms with E-state index in [9.17, 15) is 18.0 Å². The van der Waals surface area contributed by atoms with Crippen molar-refractivity contribution < 1.29 is 18.0 Å². The number of hydrogen-bond donors (Lipinski definition) is 0. The molecular weight excluding hydrogens is 297 g/mol. The Bertz CT molecular complexity index is 519. The Morgan fingerprint density at radius 2 is 1.91 bits per heavy atom. The van der Waals surface area contributed by atoms with Crippen LogP contribution in [0.5, 0.6) is 0 Å². The lowest BCUT2D eigenvalue weighted by atomic mass is 10.1. The summed E-state index contributed by atoms with van der Waals surface area (Å²) in [7, 11) is 1.98. The minimum atomic E-state index is -4.34. The van der Waals surface area contributed by atoms with Gasteiger partial charge < -0.3 is 9.80 Å². The molecule has 0 radical (unpaired) electrons. The summed E-state index contributed by atoms with van der Waals surface area (Å²) in [5.41, 5.74) is 0.680. The van der Waals surface area contributed by atoms with Gasteiger partial charge in [0, 0.05) is 26.2 Å². The molecule has 0 saturated carbocycles. The second kappa shape index (κ2) is 6.68. The first-order valence-electron chi connectivity index (χ1n) is 7.41. The van der Waals surface area contributed by atoms with E-state index in [0.29, 0.717) is 37.2 Å². The summed E-state index contributed by atoms with van der Waals surface area (Å²) < 4.78 is 38.7. The molecule has 8 heteroatoms. The normalized spacial score (nSPS) is 17.0. The highest BCUT2D eigenvalue weighted by molar-refractivity contribution is 5.95. The molecule has 0 aliphatic carbocycles. The van der Waals surface area contributed by atoms with Crippen molar-refractivity contribution in [2.45, 2.75) is 32.5 Å². The molecule has 0 atom stereocenters. The third-order valence-corrected chi connectivity index (χ3v) is 3.79. The molecule has 1 aliphatic heterocycles. The zero-order valence-electron chi connectivity index (χ0n) is 12.9. The summed E-state index contributed by atoms with van der Waals surface area (Å²) in [4.78, 5) is 16.4. The summed E-state index contributed by atoms with van der Waals surface area (Å²) in [6, 6.07) is 0. The van der Waals surface area contributed by atoms with Crippen molar-refractivity contribution in [2.75, 3.05) is 33.2 Å². The Morgan fingerprint density at radius 3 is 2.45 bits per heavy atom. The maximum absolute atomic E-state index is 12.6. The van der Waals surface area contributed by atoms with E-state index in [0.717, 1.165) is 17.8 Å². The van der Waals surface area contributed by atoms with E-state index in [1.165, 1.54) is 6.20 Å². The van der Waals surface area contributed by atoms with Gasteiger partial charge in [0.25, 0.3) is 5.91 Å². The Kier molecular flexibility index (Phi) is 5.10. The number of carbonyl (C=O) groups excluding carboxylic acids is 1. The summed E-state index contributed by atoms with van der Waals surface area (Å²) in [5, 5.41) is 3.79. The van der Waals surface area contributed by atoms with Gasteiger partial charge in [-0.25, -0.2) is 0 Å². The molecule has 2 heterocycles. The van der Waals surface area contributed by atoms with E-state index in [1.807, 2.05) is 14.0 Å². The van der Waals surface area contributed by atoms with Crippen molar-refractivity contribution in [3.63, 3.8) is 0 Å². The van der Waals surface area contributed by atoms with Crippen LogP contribution in [-0.4, -0.2) is 64.9 Å². The van der Waals surface area contributed by atoms with E-state index < -0.39 is 12.7 Å². The first kappa shape index (κ1) is 16.8. The van der Waals surface area contributed by atoms with Crippen molar-refractivity contribution in [1.82, 2.24) is 19.6 Å². The van der Waals surface area contributed by atoms with Crippen LogP contribution in [0.25, 0.3) is 0 Å². The second-order valence-corrected chi connectivity index (χ2v) is 5.62. The number of rotatable bonds is 4. The molecule has 1 aliphatic rings. The number of alkyl halides is 3. The molecular formula is C14H21F3N4O. The zero-order chi connectivity index (χ0) is 16.3. The van der Waals surface area contributed by atoms with Crippen molar-refractivity contribution in [1.29, 1.82) is 0 Å². The van der Waals surface area contributed by atoms with Crippen molar-refractivity contribution in [3.05, 3.63) is 17.5 Å². The second-order valence-electron chi connectivity index (χ2n) is 5.62. The van der Waals surface area contributed by atoms with Gasteiger partial charge >= 0.3 is 6.18 Å². The van der Waals surface area contributed by atoms with Gasteiger partial charge in [-0.2, -0.15) is 18.3 Å². The van der Waals surface area contributed by atoms with E-state index in [-0.39, 0.29) is 5.91 Å². The quantitative estimate of drug-likeness (QED) is 0.850. The van der Waals surface area contributed by atoms with Gasteiger partial charge in [0.05, 0.1) is 17.5 Å². The maximum Gasteiger partial charge on any atom is 0.408 e. The fourth-order valence-electron chi connectivity index (χ4n) is 2.58. The van der Waals surface area contributed by atoms with Gasteiger partial charge in [0.1, 0.15) is 6.54 Å². The molecule has 0 aromatic carbocycles. The largest absolute Gasteiger partial charge is 0.408 e. The van der Waals surface area contributed by atoms with E-state index in [1.54, 1.807) is 4.90 Å². The predicted molar refractivity (Wildman–Crippen MR) is 75.7 cm³/mol. The number of hydrogen-bond acceptors (Lipinski definition) is 3. The third-order valence-electron chi connectivity index (χ3n) is 3.79. The smallest absolute Gasteiger partial charge is 0.336 e.